The number of hydrogen-bond donors (Lipinski definition) is 0. The van der Waals surface area contributed by atoms with Crippen LogP contribution in [0.5, 0.6) is 0 Å². The summed E-state index contributed by atoms with van der Waals surface area (Å²) < 4.78 is 5.34. The van der Waals surface area contributed by atoms with E-state index in [-0.39, 0.29) is 6.04 Å². The maximum Gasteiger partial charge on any atom is 0.245 e. The van der Waals surface area contributed by atoms with Gasteiger partial charge in [-0.15, -0.1) is 12.3 Å². The van der Waals surface area contributed by atoms with E-state index >= 15 is 0 Å². The van der Waals surface area contributed by atoms with E-state index in [0.29, 0.717) is 5.82 Å². The van der Waals surface area contributed by atoms with Crippen molar-refractivity contribution in [3.8, 4) is 12.3 Å². The van der Waals surface area contributed by atoms with Gasteiger partial charge in [-0.3, -0.25) is 9.80 Å². The van der Waals surface area contributed by atoms with Crippen molar-refractivity contribution in [1.82, 2.24) is 19.9 Å². The van der Waals surface area contributed by atoms with E-state index < -0.39 is 0 Å². The Labute approximate surface area is 127 Å². The fourth-order valence-electron chi connectivity index (χ4n) is 2.76. The molecule has 0 bridgehead atoms. The third kappa shape index (κ3) is 4.83. The minimum absolute atomic E-state index is 0.224. The number of rotatable bonds is 7. The molecule has 0 aromatic carbocycles. The molecule has 116 valence electrons. The predicted molar refractivity (Wildman–Crippen MR) is 82.8 cm³/mol. The molecule has 0 spiro atoms. The Bertz CT molecular complexity index is 465. The first-order valence-corrected chi connectivity index (χ1v) is 7.87. The standard InChI is InChI=1S/C16H26N4O/c1-4-5-6-7-8-9-10-20-12-11-19(3)15(13-20)16-17-14(2)18-21-16/h1,15H,5-13H2,2-3H3/t15-/m0/s1. The molecule has 0 unspecified atom stereocenters. The lowest BCUT2D eigenvalue weighted by atomic mass is 10.1. The van der Waals surface area contributed by atoms with Crippen molar-refractivity contribution in [3.05, 3.63) is 11.7 Å². The van der Waals surface area contributed by atoms with Crippen LogP contribution < -0.4 is 0 Å². The Kier molecular flexibility index (Phi) is 6.21. The van der Waals surface area contributed by atoms with E-state index in [1.54, 1.807) is 0 Å². The second-order valence-corrected chi connectivity index (χ2v) is 5.85. The van der Waals surface area contributed by atoms with Crippen LogP contribution in [0.4, 0.5) is 0 Å². The minimum atomic E-state index is 0.224. The number of piperazine rings is 1. The van der Waals surface area contributed by atoms with Crippen LogP contribution >= 0.6 is 0 Å². The lowest BCUT2D eigenvalue weighted by Crippen LogP contribution is -2.47. The van der Waals surface area contributed by atoms with Gasteiger partial charge in [0.25, 0.3) is 0 Å². The third-order valence-corrected chi connectivity index (χ3v) is 4.11. The first-order valence-electron chi connectivity index (χ1n) is 7.87. The maximum absolute atomic E-state index is 5.34. The van der Waals surface area contributed by atoms with Crippen molar-refractivity contribution in [2.75, 3.05) is 33.2 Å². The molecular weight excluding hydrogens is 264 g/mol. The topological polar surface area (TPSA) is 45.4 Å². The summed E-state index contributed by atoms with van der Waals surface area (Å²) in [7, 11) is 2.13. The quantitative estimate of drug-likeness (QED) is 0.569. The Morgan fingerprint density at radius 2 is 2.10 bits per heavy atom. The molecule has 1 aromatic heterocycles. The summed E-state index contributed by atoms with van der Waals surface area (Å²) in [6.07, 6.45) is 11.1. The van der Waals surface area contributed by atoms with Crippen LogP contribution in [-0.2, 0) is 0 Å². The zero-order valence-corrected chi connectivity index (χ0v) is 13.2. The van der Waals surface area contributed by atoms with Crippen LogP contribution in [0.2, 0.25) is 0 Å². The van der Waals surface area contributed by atoms with E-state index in [1.807, 2.05) is 6.92 Å². The van der Waals surface area contributed by atoms with Gasteiger partial charge in [0.05, 0.1) is 0 Å². The fraction of sp³-hybridized carbons (Fsp3) is 0.750. The van der Waals surface area contributed by atoms with Gasteiger partial charge in [0.1, 0.15) is 6.04 Å². The average Bonchev–Trinajstić information content (AvgIpc) is 2.90. The minimum Gasteiger partial charge on any atom is -0.338 e. The molecule has 1 atom stereocenters. The molecule has 5 nitrogen and oxygen atoms in total. The SMILES string of the molecule is C#CCCCCCCN1CCN(C)[C@H](c2nc(C)no2)C1. The molecular formula is C16H26N4O. The van der Waals surface area contributed by atoms with Gasteiger partial charge >= 0.3 is 0 Å². The monoisotopic (exact) mass is 290 g/mol. The molecule has 1 aromatic rings. The molecule has 1 fully saturated rings. The predicted octanol–water partition coefficient (Wildman–Crippen LogP) is 2.25. The largest absolute Gasteiger partial charge is 0.338 e. The van der Waals surface area contributed by atoms with E-state index in [0.717, 1.165) is 44.9 Å². The van der Waals surface area contributed by atoms with E-state index in [9.17, 15) is 0 Å². The molecule has 1 saturated heterocycles. The first kappa shape index (κ1) is 16.0. The highest BCUT2D eigenvalue weighted by Gasteiger charge is 2.29. The van der Waals surface area contributed by atoms with E-state index in [4.69, 9.17) is 10.9 Å². The van der Waals surface area contributed by atoms with E-state index in [2.05, 4.69) is 32.9 Å². The van der Waals surface area contributed by atoms with Crippen molar-refractivity contribution in [2.45, 2.75) is 45.1 Å². The van der Waals surface area contributed by atoms with Crippen molar-refractivity contribution in [3.63, 3.8) is 0 Å². The van der Waals surface area contributed by atoms with Crippen molar-refractivity contribution < 1.29 is 4.52 Å². The lowest BCUT2D eigenvalue weighted by molar-refractivity contribution is 0.0748. The molecule has 1 aliphatic heterocycles. The first-order chi connectivity index (χ1) is 10.2. The molecule has 0 aliphatic carbocycles. The van der Waals surface area contributed by atoms with Gasteiger partial charge in [-0.1, -0.05) is 18.0 Å². The highest BCUT2D eigenvalue weighted by atomic mass is 16.5. The summed E-state index contributed by atoms with van der Waals surface area (Å²) >= 11 is 0. The maximum atomic E-state index is 5.34. The third-order valence-electron chi connectivity index (χ3n) is 4.11. The summed E-state index contributed by atoms with van der Waals surface area (Å²) in [4.78, 5) is 9.19. The zero-order chi connectivity index (χ0) is 15.1. The van der Waals surface area contributed by atoms with Crippen molar-refractivity contribution >= 4 is 0 Å². The normalized spacial score (nSPS) is 20.5. The van der Waals surface area contributed by atoms with Gasteiger partial charge in [-0.05, 0) is 33.4 Å². The Morgan fingerprint density at radius 1 is 1.29 bits per heavy atom. The number of aromatic nitrogens is 2. The smallest absolute Gasteiger partial charge is 0.245 e. The molecule has 0 saturated carbocycles. The fourth-order valence-corrected chi connectivity index (χ4v) is 2.76. The summed E-state index contributed by atoms with van der Waals surface area (Å²) in [5.74, 6) is 4.16. The highest BCUT2D eigenvalue weighted by molar-refractivity contribution is 4.95. The second kappa shape index (κ2) is 8.16. The molecule has 2 heterocycles. The molecule has 0 N–H and O–H groups in total. The van der Waals surface area contributed by atoms with Gasteiger partial charge in [0.2, 0.25) is 5.89 Å². The highest BCUT2D eigenvalue weighted by Crippen LogP contribution is 2.22. The summed E-state index contributed by atoms with van der Waals surface area (Å²) in [5, 5.41) is 3.91. The Balaban J connectivity index is 1.74. The summed E-state index contributed by atoms with van der Waals surface area (Å²) in [6.45, 7) is 6.15. The molecule has 2 rings (SSSR count). The number of terminal acetylenes is 1. The Morgan fingerprint density at radius 3 is 2.81 bits per heavy atom. The van der Waals surface area contributed by atoms with Gasteiger partial charge in [0, 0.05) is 26.1 Å². The number of unbranched alkanes of at least 4 members (excludes halogenated alkanes) is 4. The van der Waals surface area contributed by atoms with Crippen molar-refractivity contribution in [2.24, 2.45) is 0 Å². The molecule has 0 radical (unpaired) electrons. The van der Waals surface area contributed by atoms with Gasteiger partial charge in [-0.2, -0.15) is 4.98 Å². The van der Waals surface area contributed by atoms with Gasteiger partial charge in [-0.25, -0.2) is 0 Å². The summed E-state index contributed by atoms with van der Waals surface area (Å²) in [6, 6.07) is 0.224. The van der Waals surface area contributed by atoms with Gasteiger partial charge in [0.15, 0.2) is 5.82 Å². The Hall–Kier alpha value is -1.38. The van der Waals surface area contributed by atoms with Crippen LogP contribution in [0.15, 0.2) is 4.52 Å². The molecule has 5 heteroatoms. The average molecular weight is 290 g/mol. The van der Waals surface area contributed by atoms with E-state index in [1.165, 1.54) is 19.3 Å². The summed E-state index contributed by atoms with van der Waals surface area (Å²) in [5.41, 5.74) is 0. The number of likely N-dealkylation sites (N-methyl/N-ethyl adjacent to an activating group) is 1. The van der Waals surface area contributed by atoms with Crippen LogP contribution in [0.25, 0.3) is 0 Å². The number of hydrogen-bond acceptors (Lipinski definition) is 5. The van der Waals surface area contributed by atoms with Crippen LogP contribution in [-0.4, -0.2) is 53.2 Å². The molecule has 21 heavy (non-hydrogen) atoms. The van der Waals surface area contributed by atoms with Crippen LogP contribution in [0, 0.1) is 19.3 Å². The van der Waals surface area contributed by atoms with Crippen LogP contribution in [0.3, 0.4) is 0 Å². The number of aryl methyl sites for hydroxylation is 1. The molecule has 0 amide bonds. The number of nitrogens with zero attached hydrogens (tertiary/aromatic N) is 4. The van der Waals surface area contributed by atoms with Gasteiger partial charge < -0.3 is 4.52 Å². The van der Waals surface area contributed by atoms with Crippen LogP contribution in [0.1, 0.15) is 49.9 Å². The van der Waals surface area contributed by atoms with Crippen molar-refractivity contribution in [1.29, 1.82) is 0 Å². The zero-order valence-electron chi connectivity index (χ0n) is 13.2. The lowest BCUT2D eigenvalue weighted by Gasteiger charge is -2.37. The molecule has 1 aliphatic rings. The second-order valence-electron chi connectivity index (χ2n) is 5.85.